The molecule has 390 valence electrons. The number of hydrogen-bond acceptors (Lipinski definition) is 7. The van der Waals surface area contributed by atoms with Crippen molar-refractivity contribution in [2.24, 2.45) is 0 Å². The Hall–Kier alpha value is -3.85. The molecule has 0 radical (unpaired) electrons. The second kappa shape index (κ2) is 49.1. The Morgan fingerprint density at radius 1 is 0.464 bits per heavy atom. The summed E-state index contributed by atoms with van der Waals surface area (Å²) >= 11 is 0. The maximum absolute atomic E-state index is 12.8. The fourth-order valence-corrected chi connectivity index (χ4v) is 7.08. The van der Waals surface area contributed by atoms with E-state index >= 15 is 0 Å². The molecule has 0 aromatic rings. The fraction of sp³-hybridized carbons (Fsp3) is 0.593. The monoisotopic (exact) mass is 979 g/mol. The number of rotatable bonds is 46. The number of phosphoric acid groups is 1. The highest BCUT2D eigenvalue weighted by Crippen LogP contribution is 2.43. The van der Waals surface area contributed by atoms with E-state index in [1.165, 1.54) is 32.1 Å². The second-order valence-corrected chi connectivity index (χ2v) is 19.6. The van der Waals surface area contributed by atoms with E-state index in [9.17, 15) is 19.0 Å². The number of carbonyl (C=O) groups is 2. The zero-order valence-corrected chi connectivity index (χ0v) is 44.9. The van der Waals surface area contributed by atoms with Crippen LogP contribution in [0.4, 0.5) is 0 Å². The minimum atomic E-state index is -4.41. The van der Waals surface area contributed by atoms with E-state index in [0.717, 1.165) is 96.3 Å². The zero-order chi connectivity index (χ0) is 50.6. The summed E-state index contributed by atoms with van der Waals surface area (Å²) in [4.78, 5) is 35.5. The van der Waals surface area contributed by atoms with Crippen LogP contribution < -0.4 is 0 Å². The van der Waals surface area contributed by atoms with E-state index < -0.39 is 32.5 Å². The van der Waals surface area contributed by atoms with Gasteiger partial charge in [0.15, 0.2) is 6.10 Å². The summed E-state index contributed by atoms with van der Waals surface area (Å²) < 4.78 is 34.4. The smallest absolute Gasteiger partial charge is 0.462 e. The van der Waals surface area contributed by atoms with E-state index in [1.807, 2.05) is 27.2 Å². The number of quaternary nitrogens is 1. The van der Waals surface area contributed by atoms with Crippen LogP contribution in [0.25, 0.3) is 0 Å². The molecule has 0 amide bonds. The molecule has 0 aromatic carbocycles. The summed E-state index contributed by atoms with van der Waals surface area (Å²) in [6.07, 6.45) is 70.9. The average Bonchev–Trinajstić information content (AvgIpc) is 3.31. The SMILES string of the molecule is CC/C=C\C/C=C\C/C=C\C/C=C\C/C=C\C/C=C\C/C=C\C/C=C\C/C=C\CCCC(=O)OC(COC(=O)CCCCCCC/C=C\C/C=C\CCCCCC)COP(=O)(O)OCC[N+](C)(C)C. The van der Waals surface area contributed by atoms with Crippen molar-refractivity contribution in [1.82, 2.24) is 0 Å². The summed E-state index contributed by atoms with van der Waals surface area (Å²) in [5, 5.41) is 0. The first-order valence-electron chi connectivity index (χ1n) is 26.4. The lowest BCUT2D eigenvalue weighted by Gasteiger charge is -2.24. The van der Waals surface area contributed by atoms with Crippen molar-refractivity contribution in [1.29, 1.82) is 0 Å². The number of esters is 2. The molecule has 0 rings (SSSR count). The van der Waals surface area contributed by atoms with Crippen LogP contribution in [0.15, 0.2) is 134 Å². The van der Waals surface area contributed by atoms with Crippen LogP contribution in [-0.4, -0.2) is 74.9 Å². The molecule has 2 atom stereocenters. The van der Waals surface area contributed by atoms with Crippen LogP contribution in [-0.2, 0) is 32.7 Å². The number of unbranched alkanes of at least 4 members (excludes halogenated alkanes) is 10. The highest BCUT2D eigenvalue weighted by Gasteiger charge is 2.27. The largest absolute Gasteiger partial charge is 0.472 e. The number of hydrogen-bond donors (Lipinski definition) is 1. The van der Waals surface area contributed by atoms with E-state index in [-0.39, 0.29) is 26.1 Å². The Kier molecular flexibility index (Phi) is 46.4. The molecule has 2 unspecified atom stereocenters. The Bertz CT molecular complexity index is 1620. The molecule has 0 spiro atoms. The molecule has 0 saturated carbocycles. The van der Waals surface area contributed by atoms with Crippen molar-refractivity contribution in [2.45, 2.75) is 180 Å². The molecular weight excluding hydrogens is 882 g/mol. The van der Waals surface area contributed by atoms with E-state index in [2.05, 4.69) is 141 Å². The number of ether oxygens (including phenoxy) is 2. The van der Waals surface area contributed by atoms with Gasteiger partial charge in [-0.3, -0.25) is 18.6 Å². The lowest BCUT2D eigenvalue weighted by molar-refractivity contribution is -0.870. The van der Waals surface area contributed by atoms with Gasteiger partial charge in [-0.2, -0.15) is 0 Å². The molecule has 0 aliphatic carbocycles. The van der Waals surface area contributed by atoms with E-state index in [1.54, 1.807) is 0 Å². The number of phosphoric ester groups is 1. The summed E-state index contributed by atoms with van der Waals surface area (Å²) in [7, 11) is 1.41. The van der Waals surface area contributed by atoms with Crippen molar-refractivity contribution in [2.75, 3.05) is 47.5 Å². The van der Waals surface area contributed by atoms with Crippen molar-refractivity contribution < 1.29 is 42.1 Å². The fourth-order valence-electron chi connectivity index (χ4n) is 6.34. The topological polar surface area (TPSA) is 108 Å². The molecule has 0 aliphatic heterocycles. The van der Waals surface area contributed by atoms with Gasteiger partial charge in [0.1, 0.15) is 19.8 Å². The third-order valence-corrected chi connectivity index (χ3v) is 11.4. The average molecular weight is 979 g/mol. The molecule has 0 saturated heterocycles. The van der Waals surface area contributed by atoms with Gasteiger partial charge in [0, 0.05) is 12.8 Å². The van der Waals surface area contributed by atoms with Crippen LogP contribution in [0.5, 0.6) is 0 Å². The van der Waals surface area contributed by atoms with Gasteiger partial charge >= 0.3 is 19.8 Å². The van der Waals surface area contributed by atoms with Crippen LogP contribution >= 0.6 is 7.82 Å². The Balaban J connectivity index is 4.40. The van der Waals surface area contributed by atoms with E-state index in [4.69, 9.17) is 18.5 Å². The van der Waals surface area contributed by atoms with Gasteiger partial charge in [0.2, 0.25) is 0 Å². The van der Waals surface area contributed by atoms with Gasteiger partial charge in [-0.05, 0) is 109 Å². The molecule has 0 bridgehead atoms. The highest BCUT2D eigenvalue weighted by atomic mass is 31.2. The molecule has 0 heterocycles. The molecule has 9 nitrogen and oxygen atoms in total. The molecule has 10 heteroatoms. The first-order chi connectivity index (χ1) is 33.5. The predicted molar refractivity (Wildman–Crippen MR) is 293 cm³/mol. The van der Waals surface area contributed by atoms with Gasteiger partial charge in [-0.25, -0.2) is 4.57 Å². The Labute approximate surface area is 421 Å². The number of allylic oxidation sites excluding steroid dienone is 22. The molecule has 1 N–H and O–H groups in total. The van der Waals surface area contributed by atoms with Gasteiger partial charge in [-0.15, -0.1) is 0 Å². The molecule has 69 heavy (non-hydrogen) atoms. The summed E-state index contributed by atoms with van der Waals surface area (Å²) in [6.45, 7) is 4.18. The Morgan fingerprint density at radius 3 is 1.28 bits per heavy atom. The van der Waals surface area contributed by atoms with Crippen molar-refractivity contribution in [3.05, 3.63) is 134 Å². The summed E-state index contributed by atoms with van der Waals surface area (Å²) in [5.74, 6) is -0.897. The quantitative estimate of drug-likeness (QED) is 0.0211. The first kappa shape index (κ1) is 65.1. The Morgan fingerprint density at radius 2 is 0.841 bits per heavy atom. The third-order valence-electron chi connectivity index (χ3n) is 10.4. The van der Waals surface area contributed by atoms with Crippen molar-refractivity contribution in [3.8, 4) is 0 Å². The van der Waals surface area contributed by atoms with Crippen LogP contribution in [0.1, 0.15) is 174 Å². The standard InChI is InChI=1S/C59H96NO8P/c1-6-8-10-12-14-16-18-20-22-24-25-26-27-28-29-30-31-32-33-34-35-36-38-40-42-44-46-48-50-52-59(62)68-57(56-67-69(63,64)66-54-53-60(3,4)5)55-65-58(61)51-49-47-45-43-41-39-37-23-21-19-17-15-13-11-9-7-2/h8,10,14,16-17,19-20,22-23,25-26,28-29,31-32,34-35,37-38,40,44,46,57H,6-7,9,11-13,15,18,21,24,27,30,33,36,39,41-43,45,47-56H2,1-5H3/p+1/b10-8-,16-14-,19-17-,22-20-,26-25-,29-28-,32-31-,35-34-,37-23-,40-38-,46-44-. The van der Waals surface area contributed by atoms with Gasteiger partial charge in [0.05, 0.1) is 27.7 Å². The summed E-state index contributed by atoms with van der Waals surface area (Å²) in [6, 6.07) is 0. The van der Waals surface area contributed by atoms with Crippen LogP contribution in [0, 0.1) is 0 Å². The second-order valence-electron chi connectivity index (χ2n) is 18.2. The van der Waals surface area contributed by atoms with Crippen molar-refractivity contribution in [3.63, 3.8) is 0 Å². The number of likely N-dealkylation sites (N-methyl/N-ethyl adjacent to an activating group) is 1. The predicted octanol–water partition coefficient (Wildman–Crippen LogP) is 16.2. The van der Waals surface area contributed by atoms with E-state index in [0.29, 0.717) is 30.3 Å². The first-order valence-corrected chi connectivity index (χ1v) is 27.9. The van der Waals surface area contributed by atoms with Gasteiger partial charge in [0.25, 0.3) is 0 Å². The van der Waals surface area contributed by atoms with Gasteiger partial charge < -0.3 is 18.9 Å². The lowest BCUT2D eigenvalue weighted by atomic mass is 10.1. The molecule has 0 aliphatic rings. The van der Waals surface area contributed by atoms with Gasteiger partial charge in [-0.1, -0.05) is 186 Å². The number of carbonyl (C=O) groups excluding carboxylic acids is 2. The minimum Gasteiger partial charge on any atom is -0.462 e. The molecule has 0 fully saturated rings. The van der Waals surface area contributed by atoms with Crippen LogP contribution in [0.3, 0.4) is 0 Å². The zero-order valence-electron chi connectivity index (χ0n) is 44.0. The number of nitrogens with zero attached hydrogens (tertiary/aromatic N) is 1. The maximum Gasteiger partial charge on any atom is 0.472 e. The third kappa shape index (κ3) is 53.4. The lowest BCUT2D eigenvalue weighted by Crippen LogP contribution is -2.37. The normalized spacial score (nSPS) is 14.5. The molecule has 0 aromatic heterocycles. The van der Waals surface area contributed by atoms with Crippen LogP contribution in [0.2, 0.25) is 0 Å². The minimum absolute atomic E-state index is 0.0103. The maximum atomic E-state index is 12.8. The molecular formula is C59H97NO8P+. The van der Waals surface area contributed by atoms with Crippen molar-refractivity contribution >= 4 is 19.8 Å². The highest BCUT2D eigenvalue weighted by molar-refractivity contribution is 7.47. The summed E-state index contributed by atoms with van der Waals surface area (Å²) in [5.41, 5.74) is 0.